The number of nitrogens with zero attached hydrogens (tertiary/aromatic N) is 1. The lowest BCUT2D eigenvalue weighted by Crippen LogP contribution is -2.34. The van der Waals surface area contributed by atoms with Crippen molar-refractivity contribution in [3.63, 3.8) is 0 Å². The summed E-state index contributed by atoms with van der Waals surface area (Å²) in [6, 6.07) is 8.26. The molecule has 1 atom stereocenters. The number of ether oxygens (including phenoxy) is 1. The molecular weight excluding hydrogens is 316 g/mol. The lowest BCUT2D eigenvalue weighted by Gasteiger charge is -2.14. The van der Waals surface area contributed by atoms with Crippen LogP contribution in [0.3, 0.4) is 0 Å². The van der Waals surface area contributed by atoms with Crippen molar-refractivity contribution in [3.8, 4) is 5.75 Å². The third-order valence-corrected chi connectivity index (χ3v) is 4.09. The first-order valence-corrected chi connectivity index (χ1v) is 8.82. The van der Waals surface area contributed by atoms with Gasteiger partial charge in [-0.2, -0.15) is 0 Å². The Hall–Kier alpha value is -2.30. The van der Waals surface area contributed by atoms with Gasteiger partial charge in [0.05, 0.1) is 18.2 Å². The molecule has 25 heavy (non-hydrogen) atoms. The fourth-order valence-electron chi connectivity index (χ4n) is 2.70. The van der Waals surface area contributed by atoms with E-state index in [1.165, 1.54) is 5.56 Å². The second-order valence-electron chi connectivity index (χ2n) is 6.80. The van der Waals surface area contributed by atoms with E-state index in [9.17, 15) is 4.79 Å². The average Bonchev–Trinajstić information content (AvgIpc) is 2.85. The summed E-state index contributed by atoms with van der Waals surface area (Å²) in [6.07, 6.45) is 2.29. The minimum absolute atomic E-state index is 0.00239. The summed E-state index contributed by atoms with van der Waals surface area (Å²) in [5.41, 5.74) is 2.90. The van der Waals surface area contributed by atoms with Crippen LogP contribution >= 0.6 is 0 Å². The highest BCUT2D eigenvalue weighted by molar-refractivity contribution is 5.79. The standard InChI is InChI=1S/C20H28N2O3/c1-13(2)24-18-10-8-17(9-11-18)7-6-14(3)21-20(23)12-19-15(4)22-25-16(19)5/h8-11,13-14H,6-7,12H2,1-5H3,(H,21,23). The normalized spacial score (nSPS) is 12.2. The number of aromatic nitrogens is 1. The maximum Gasteiger partial charge on any atom is 0.224 e. The van der Waals surface area contributed by atoms with Gasteiger partial charge in [-0.05, 0) is 65.2 Å². The number of rotatable bonds is 8. The fourth-order valence-corrected chi connectivity index (χ4v) is 2.70. The smallest absolute Gasteiger partial charge is 0.224 e. The number of nitrogens with one attached hydrogen (secondary N) is 1. The summed E-state index contributed by atoms with van der Waals surface area (Å²) in [5.74, 6) is 1.60. The summed E-state index contributed by atoms with van der Waals surface area (Å²) in [7, 11) is 0. The number of carbonyl (C=O) groups is 1. The zero-order chi connectivity index (χ0) is 18.4. The molecule has 1 N–H and O–H groups in total. The van der Waals surface area contributed by atoms with Gasteiger partial charge >= 0.3 is 0 Å². The molecule has 0 saturated heterocycles. The molecule has 5 heteroatoms. The zero-order valence-corrected chi connectivity index (χ0v) is 15.8. The van der Waals surface area contributed by atoms with Gasteiger partial charge < -0.3 is 14.6 Å². The van der Waals surface area contributed by atoms with Crippen LogP contribution in [0.25, 0.3) is 0 Å². The molecule has 1 aromatic carbocycles. The fraction of sp³-hybridized carbons (Fsp3) is 0.500. The topological polar surface area (TPSA) is 64.4 Å². The van der Waals surface area contributed by atoms with E-state index in [-0.39, 0.29) is 18.1 Å². The van der Waals surface area contributed by atoms with E-state index in [0.29, 0.717) is 12.2 Å². The van der Waals surface area contributed by atoms with E-state index in [2.05, 4.69) is 22.6 Å². The predicted molar refractivity (Wildman–Crippen MR) is 97.8 cm³/mol. The number of hydrogen-bond acceptors (Lipinski definition) is 4. The molecule has 0 saturated carbocycles. The van der Waals surface area contributed by atoms with Crippen LogP contribution in [0, 0.1) is 13.8 Å². The third-order valence-electron chi connectivity index (χ3n) is 4.09. The van der Waals surface area contributed by atoms with E-state index in [0.717, 1.165) is 29.8 Å². The Kier molecular flexibility index (Phi) is 6.62. The molecule has 1 aromatic heterocycles. The molecule has 0 aliphatic heterocycles. The van der Waals surface area contributed by atoms with Crippen LogP contribution in [0.2, 0.25) is 0 Å². The maximum atomic E-state index is 12.2. The Morgan fingerprint density at radius 2 is 1.88 bits per heavy atom. The predicted octanol–water partition coefficient (Wildman–Crippen LogP) is 3.76. The molecule has 2 rings (SSSR count). The molecule has 136 valence electrons. The zero-order valence-electron chi connectivity index (χ0n) is 15.8. The number of aryl methyl sites for hydroxylation is 3. The molecule has 1 amide bonds. The minimum Gasteiger partial charge on any atom is -0.491 e. The quantitative estimate of drug-likeness (QED) is 0.792. The van der Waals surface area contributed by atoms with Crippen LogP contribution in [-0.4, -0.2) is 23.2 Å². The van der Waals surface area contributed by atoms with Crippen LogP contribution in [0.5, 0.6) is 5.75 Å². The van der Waals surface area contributed by atoms with E-state index in [1.54, 1.807) is 0 Å². The van der Waals surface area contributed by atoms with Gasteiger partial charge in [-0.1, -0.05) is 17.3 Å². The molecule has 0 fully saturated rings. The first-order valence-electron chi connectivity index (χ1n) is 8.82. The number of carbonyl (C=O) groups excluding carboxylic acids is 1. The Balaban J connectivity index is 1.78. The van der Waals surface area contributed by atoms with Crippen molar-refractivity contribution in [2.75, 3.05) is 0 Å². The van der Waals surface area contributed by atoms with Crippen molar-refractivity contribution < 1.29 is 14.1 Å². The lowest BCUT2D eigenvalue weighted by molar-refractivity contribution is -0.121. The Labute approximate surface area is 149 Å². The lowest BCUT2D eigenvalue weighted by atomic mass is 10.1. The third kappa shape index (κ3) is 5.93. The van der Waals surface area contributed by atoms with E-state index < -0.39 is 0 Å². The maximum absolute atomic E-state index is 12.2. The number of amides is 1. The van der Waals surface area contributed by atoms with Crippen LogP contribution in [0.1, 0.15) is 49.8 Å². The van der Waals surface area contributed by atoms with E-state index in [4.69, 9.17) is 9.26 Å². The highest BCUT2D eigenvalue weighted by Gasteiger charge is 2.15. The largest absolute Gasteiger partial charge is 0.491 e. The molecule has 5 nitrogen and oxygen atoms in total. The molecule has 0 aliphatic rings. The van der Waals surface area contributed by atoms with Gasteiger partial charge in [-0.15, -0.1) is 0 Å². The molecule has 1 unspecified atom stereocenters. The molecule has 0 spiro atoms. The summed E-state index contributed by atoms with van der Waals surface area (Å²) in [4.78, 5) is 12.2. The highest BCUT2D eigenvalue weighted by atomic mass is 16.5. The number of benzene rings is 1. The Morgan fingerprint density at radius 1 is 1.20 bits per heavy atom. The van der Waals surface area contributed by atoms with Crippen molar-refractivity contribution >= 4 is 5.91 Å². The SMILES string of the molecule is Cc1noc(C)c1CC(=O)NC(C)CCc1ccc(OC(C)C)cc1. The number of hydrogen-bond donors (Lipinski definition) is 1. The molecular formula is C20H28N2O3. The van der Waals surface area contributed by atoms with Gasteiger partial charge in [0.15, 0.2) is 0 Å². The molecule has 0 radical (unpaired) electrons. The molecule has 0 bridgehead atoms. The van der Waals surface area contributed by atoms with Gasteiger partial charge in [0.1, 0.15) is 11.5 Å². The van der Waals surface area contributed by atoms with Crippen molar-refractivity contribution in [1.82, 2.24) is 10.5 Å². The van der Waals surface area contributed by atoms with Gasteiger partial charge in [0, 0.05) is 11.6 Å². The first kappa shape index (κ1) is 19.0. The molecule has 1 heterocycles. The second kappa shape index (κ2) is 8.70. The monoisotopic (exact) mass is 344 g/mol. The van der Waals surface area contributed by atoms with E-state index in [1.807, 2.05) is 46.8 Å². The van der Waals surface area contributed by atoms with Crippen molar-refractivity contribution in [1.29, 1.82) is 0 Å². The van der Waals surface area contributed by atoms with Crippen molar-refractivity contribution in [2.45, 2.75) is 66.0 Å². The van der Waals surface area contributed by atoms with Crippen LogP contribution in [-0.2, 0) is 17.6 Å². The van der Waals surface area contributed by atoms with Crippen molar-refractivity contribution in [3.05, 3.63) is 46.8 Å². The Morgan fingerprint density at radius 3 is 2.44 bits per heavy atom. The molecule has 2 aromatic rings. The average molecular weight is 344 g/mol. The van der Waals surface area contributed by atoms with Gasteiger partial charge in [0.25, 0.3) is 0 Å². The summed E-state index contributed by atoms with van der Waals surface area (Å²) < 4.78 is 10.7. The highest BCUT2D eigenvalue weighted by Crippen LogP contribution is 2.16. The summed E-state index contributed by atoms with van der Waals surface area (Å²) in [5, 5.41) is 6.93. The summed E-state index contributed by atoms with van der Waals surface area (Å²) >= 11 is 0. The van der Waals surface area contributed by atoms with E-state index >= 15 is 0 Å². The summed E-state index contributed by atoms with van der Waals surface area (Å²) in [6.45, 7) is 9.75. The van der Waals surface area contributed by atoms with Gasteiger partial charge in [-0.25, -0.2) is 0 Å². The van der Waals surface area contributed by atoms with Crippen LogP contribution in [0.15, 0.2) is 28.8 Å². The Bertz CT molecular complexity index is 670. The van der Waals surface area contributed by atoms with Crippen LogP contribution in [0.4, 0.5) is 0 Å². The first-order chi connectivity index (χ1) is 11.8. The van der Waals surface area contributed by atoms with Crippen LogP contribution < -0.4 is 10.1 Å². The van der Waals surface area contributed by atoms with Gasteiger partial charge in [0.2, 0.25) is 5.91 Å². The van der Waals surface area contributed by atoms with Crippen molar-refractivity contribution in [2.24, 2.45) is 0 Å². The van der Waals surface area contributed by atoms with Gasteiger partial charge in [-0.3, -0.25) is 4.79 Å². The second-order valence-corrected chi connectivity index (χ2v) is 6.80. The minimum atomic E-state index is 0.00239. The molecule has 0 aliphatic carbocycles.